The Morgan fingerprint density at radius 3 is 2.76 bits per heavy atom. The van der Waals surface area contributed by atoms with Crippen LogP contribution < -0.4 is 5.32 Å². The number of hydrogen-bond donors (Lipinski definition) is 1. The Balaban J connectivity index is 1.46. The molecule has 0 saturated carbocycles. The molecule has 0 aliphatic heterocycles. The molecule has 3 aromatic carbocycles. The van der Waals surface area contributed by atoms with E-state index in [0.717, 1.165) is 27.7 Å². The number of carbonyl (C=O) groups is 1. The molecule has 166 valence electrons. The summed E-state index contributed by atoms with van der Waals surface area (Å²) in [4.78, 5) is 28.4. The van der Waals surface area contributed by atoms with Crippen molar-refractivity contribution in [3.63, 3.8) is 0 Å². The highest BCUT2D eigenvalue weighted by Gasteiger charge is 2.11. The fourth-order valence-corrected chi connectivity index (χ4v) is 3.55. The molecule has 8 heteroatoms. The Morgan fingerprint density at radius 1 is 1.12 bits per heavy atom. The van der Waals surface area contributed by atoms with E-state index in [1.807, 2.05) is 66.2 Å². The molecule has 4 aromatic rings. The smallest absolute Gasteiger partial charge is 0.269 e. The topological polar surface area (TPSA) is 98.8 Å². The van der Waals surface area contributed by atoms with Crippen molar-refractivity contribution in [2.45, 2.75) is 20.1 Å². The zero-order chi connectivity index (χ0) is 23.2. The summed E-state index contributed by atoms with van der Waals surface area (Å²) in [6, 6.07) is 21.6. The van der Waals surface area contributed by atoms with Gasteiger partial charge in [-0.15, -0.1) is 0 Å². The van der Waals surface area contributed by atoms with Crippen LogP contribution in [0.1, 0.15) is 16.7 Å². The number of nitro benzene ring substituents is 1. The summed E-state index contributed by atoms with van der Waals surface area (Å²) in [5.41, 5.74) is 4.18. The Labute approximate surface area is 190 Å². The quantitative estimate of drug-likeness (QED) is 0.235. The Kier molecular flexibility index (Phi) is 6.45. The van der Waals surface area contributed by atoms with Crippen LogP contribution in [0.15, 0.2) is 84.1 Å². The molecule has 0 fully saturated rings. The molecule has 0 saturated heterocycles. The molecule has 0 unspecified atom stereocenters. The van der Waals surface area contributed by atoms with Gasteiger partial charge in [0.15, 0.2) is 0 Å². The number of benzene rings is 3. The lowest BCUT2D eigenvalue weighted by atomic mass is 10.2. The molecule has 1 N–H and O–H groups in total. The summed E-state index contributed by atoms with van der Waals surface area (Å²) in [6.45, 7) is 2.23. The van der Waals surface area contributed by atoms with E-state index in [0.29, 0.717) is 5.56 Å². The second-order valence-electron chi connectivity index (χ2n) is 7.58. The van der Waals surface area contributed by atoms with E-state index < -0.39 is 4.92 Å². The lowest BCUT2D eigenvalue weighted by Crippen LogP contribution is -2.18. The highest BCUT2D eigenvalue weighted by Crippen LogP contribution is 2.21. The first-order chi connectivity index (χ1) is 16.0. The highest BCUT2D eigenvalue weighted by atomic mass is 16.6. The molecular weight excluding hydrogens is 420 g/mol. The molecular formula is C25H22N4O4. The van der Waals surface area contributed by atoms with Crippen LogP contribution in [0.4, 0.5) is 11.4 Å². The maximum atomic E-state index is 12.6. The first kappa shape index (κ1) is 21.8. The first-order valence-corrected chi connectivity index (χ1v) is 10.3. The zero-order valence-electron chi connectivity index (χ0n) is 18.0. The predicted octanol–water partition coefficient (Wildman–Crippen LogP) is 5.05. The minimum Gasteiger partial charge on any atom is -0.391 e. The van der Waals surface area contributed by atoms with Crippen molar-refractivity contribution in [1.82, 2.24) is 4.57 Å². The van der Waals surface area contributed by atoms with Gasteiger partial charge in [-0.05, 0) is 36.2 Å². The number of hydrogen-bond acceptors (Lipinski definition) is 5. The van der Waals surface area contributed by atoms with Crippen LogP contribution in [0, 0.1) is 17.0 Å². The van der Waals surface area contributed by atoms with Crippen molar-refractivity contribution in [2.24, 2.45) is 5.16 Å². The number of nitrogens with zero attached hydrogens (tertiary/aromatic N) is 3. The molecule has 0 aliphatic rings. The van der Waals surface area contributed by atoms with Crippen molar-refractivity contribution < 1.29 is 14.6 Å². The highest BCUT2D eigenvalue weighted by molar-refractivity contribution is 6.00. The Hall–Kier alpha value is -4.46. The number of nitrogens with one attached hydrogen (secondary N) is 1. The van der Waals surface area contributed by atoms with E-state index in [2.05, 4.69) is 10.5 Å². The van der Waals surface area contributed by atoms with Crippen LogP contribution in [0.2, 0.25) is 0 Å². The van der Waals surface area contributed by atoms with Crippen molar-refractivity contribution in [2.75, 3.05) is 5.32 Å². The molecule has 8 nitrogen and oxygen atoms in total. The number of nitro groups is 1. The molecule has 1 heterocycles. The van der Waals surface area contributed by atoms with Gasteiger partial charge in [-0.3, -0.25) is 14.9 Å². The molecule has 0 radical (unpaired) electrons. The third kappa shape index (κ3) is 5.43. The third-order valence-electron chi connectivity index (χ3n) is 5.05. The van der Waals surface area contributed by atoms with E-state index in [9.17, 15) is 14.9 Å². The van der Waals surface area contributed by atoms with Crippen molar-refractivity contribution in [1.29, 1.82) is 0 Å². The first-order valence-electron chi connectivity index (χ1n) is 10.3. The van der Waals surface area contributed by atoms with E-state index in [1.165, 1.54) is 12.1 Å². The average molecular weight is 442 g/mol. The lowest BCUT2D eigenvalue weighted by Gasteiger charge is -2.08. The monoisotopic (exact) mass is 442 g/mol. The number of non-ortho nitro benzene ring substituents is 1. The van der Waals surface area contributed by atoms with Gasteiger partial charge in [-0.2, -0.15) is 0 Å². The van der Waals surface area contributed by atoms with Crippen LogP contribution in [0.5, 0.6) is 0 Å². The molecule has 1 amide bonds. The number of rotatable bonds is 8. The number of carbonyl (C=O) groups excluding carboxylic acids is 1. The molecule has 33 heavy (non-hydrogen) atoms. The summed E-state index contributed by atoms with van der Waals surface area (Å²) >= 11 is 0. The number of para-hydroxylation sites is 1. The van der Waals surface area contributed by atoms with Crippen LogP contribution in [-0.4, -0.2) is 21.6 Å². The van der Waals surface area contributed by atoms with E-state index >= 15 is 0 Å². The summed E-state index contributed by atoms with van der Waals surface area (Å²) in [5.74, 6) is -0.133. The number of oxime groups is 1. The molecule has 4 rings (SSSR count). The Bertz CT molecular complexity index is 1340. The lowest BCUT2D eigenvalue weighted by molar-refractivity contribution is -0.384. The molecule has 0 spiro atoms. The Morgan fingerprint density at radius 2 is 1.94 bits per heavy atom. The fraction of sp³-hybridized carbons (Fsp3) is 0.120. The summed E-state index contributed by atoms with van der Waals surface area (Å²) in [5, 5.41) is 18.8. The van der Waals surface area contributed by atoms with Crippen LogP contribution >= 0.6 is 0 Å². The van der Waals surface area contributed by atoms with Crippen LogP contribution in [0.25, 0.3) is 10.9 Å². The van der Waals surface area contributed by atoms with Crippen molar-refractivity contribution in [3.8, 4) is 0 Å². The number of fused-ring (bicyclic) bond motifs is 1. The van der Waals surface area contributed by atoms with Gasteiger partial charge in [0.05, 0.1) is 11.1 Å². The fourth-order valence-electron chi connectivity index (χ4n) is 3.55. The summed E-state index contributed by atoms with van der Waals surface area (Å²) in [7, 11) is 0. The van der Waals surface area contributed by atoms with Gasteiger partial charge in [-0.1, -0.05) is 47.6 Å². The van der Waals surface area contributed by atoms with Crippen molar-refractivity contribution in [3.05, 3.63) is 106 Å². The summed E-state index contributed by atoms with van der Waals surface area (Å²) in [6.07, 6.45) is 3.43. The molecule has 1 aromatic heterocycles. The van der Waals surface area contributed by atoms with Gasteiger partial charge in [0, 0.05) is 40.5 Å². The van der Waals surface area contributed by atoms with Gasteiger partial charge >= 0.3 is 0 Å². The maximum absolute atomic E-state index is 12.6. The largest absolute Gasteiger partial charge is 0.391 e. The van der Waals surface area contributed by atoms with Crippen LogP contribution in [0.3, 0.4) is 0 Å². The number of aromatic nitrogens is 1. The predicted molar refractivity (Wildman–Crippen MR) is 127 cm³/mol. The van der Waals surface area contributed by atoms with Gasteiger partial charge in [-0.25, -0.2) is 0 Å². The molecule has 0 bridgehead atoms. The van der Waals surface area contributed by atoms with Gasteiger partial charge < -0.3 is 14.7 Å². The van der Waals surface area contributed by atoms with Crippen molar-refractivity contribution >= 4 is 34.4 Å². The van der Waals surface area contributed by atoms with E-state index in [4.69, 9.17) is 4.84 Å². The average Bonchev–Trinajstić information content (AvgIpc) is 3.14. The van der Waals surface area contributed by atoms with E-state index in [-0.39, 0.29) is 24.7 Å². The minimum atomic E-state index is -0.448. The van der Waals surface area contributed by atoms with Gasteiger partial charge in [0.1, 0.15) is 13.2 Å². The standard InChI is InChI=1S/C25H22N4O4/c1-18-6-4-8-21(12-18)27-25(30)16-28-15-20(23-10-2-3-11-24(23)28)14-26-33-17-19-7-5-9-22(13-19)29(31)32/h2-15H,16-17H2,1H3,(H,27,30)/b26-14-. The normalized spacial score (nSPS) is 11.1. The third-order valence-corrected chi connectivity index (χ3v) is 5.05. The summed E-state index contributed by atoms with van der Waals surface area (Å²) < 4.78 is 1.86. The minimum absolute atomic E-state index is 0.00656. The van der Waals surface area contributed by atoms with Gasteiger partial charge in [0.25, 0.3) is 5.69 Å². The number of amides is 1. The van der Waals surface area contributed by atoms with Gasteiger partial charge in [0.2, 0.25) is 5.91 Å². The maximum Gasteiger partial charge on any atom is 0.269 e. The van der Waals surface area contributed by atoms with Crippen LogP contribution in [-0.2, 0) is 22.8 Å². The number of aryl methyl sites for hydroxylation is 1. The SMILES string of the molecule is Cc1cccc(NC(=O)Cn2cc(/C=N\OCc3cccc([N+](=O)[O-])c3)c3ccccc32)c1. The second kappa shape index (κ2) is 9.78. The zero-order valence-corrected chi connectivity index (χ0v) is 18.0. The number of anilines is 1. The molecule has 0 atom stereocenters. The van der Waals surface area contributed by atoms with E-state index in [1.54, 1.807) is 18.3 Å². The molecule has 0 aliphatic carbocycles. The second-order valence-corrected chi connectivity index (χ2v) is 7.58.